The molecular weight excluding hydrogens is 417 g/mol. The van der Waals surface area contributed by atoms with Gasteiger partial charge in [0.2, 0.25) is 0 Å². The highest BCUT2D eigenvalue weighted by molar-refractivity contribution is 6.42. The van der Waals surface area contributed by atoms with Crippen molar-refractivity contribution in [3.63, 3.8) is 0 Å². The van der Waals surface area contributed by atoms with Crippen molar-refractivity contribution in [3.8, 4) is 11.5 Å². The van der Waals surface area contributed by atoms with E-state index in [9.17, 15) is 0 Å². The lowest BCUT2D eigenvalue weighted by molar-refractivity contribution is 0.173. The minimum atomic E-state index is 0.620. The van der Waals surface area contributed by atoms with Gasteiger partial charge in [0, 0.05) is 10.9 Å². The monoisotopic (exact) mass is 439 g/mol. The number of aromatic nitrogens is 4. The zero-order valence-electron chi connectivity index (χ0n) is 16.5. The third-order valence-corrected chi connectivity index (χ3v) is 6.65. The number of aromatic amines is 2. The Kier molecular flexibility index (Phi) is 5.50. The molecule has 1 aliphatic heterocycles. The van der Waals surface area contributed by atoms with Gasteiger partial charge < -0.3 is 9.97 Å². The molecule has 0 unspecified atom stereocenters. The second-order valence-corrected chi connectivity index (χ2v) is 8.88. The minimum absolute atomic E-state index is 0.620. The molecule has 1 fully saturated rings. The fourth-order valence-corrected chi connectivity index (χ4v) is 4.57. The molecule has 1 saturated heterocycles. The lowest BCUT2D eigenvalue weighted by Gasteiger charge is -2.31. The Balaban J connectivity index is 1.17. The molecule has 3 heterocycles. The molecule has 2 aromatic carbocycles. The maximum atomic E-state index is 6.16. The van der Waals surface area contributed by atoms with Crippen molar-refractivity contribution in [1.82, 2.24) is 25.1 Å². The molecule has 0 atom stereocenters. The third kappa shape index (κ3) is 4.24. The van der Waals surface area contributed by atoms with E-state index in [-0.39, 0.29) is 0 Å². The van der Waals surface area contributed by atoms with Gasteiger partial charge in [-0.1, -0.05) is 47.5 Å². The van der Waals surface area contributed by atoms with Crippen LogP contribution in [0.5, 0.6) is 0 Å². The standard InChI is InChI=1S/C23H23Cl2N5/c24-18-6-5-16(12-19(18)25)11-15-7-9-30(10-8-15)14-22-27-23(29-28-22)21-13-17-3-1-2-4-20(17)26-21/h1-6,12-13,15,26H,7-11,14H2,(H,27,28,29). The number of nitrogens with zero attached hydrogens (tertiary/aromatic N) is 3. The average molecular weight is 440 g/mol. The first-order valence-corrected chi connectivity index (χ1v) is 11.1. The summed E-state index contributed by atoms with van der Waals surface area (Å²) in [5.41, 5.74) is 3.34. The van der Waals surface area contributed by atoms with E-state index >= 15 is 0 Å². The first-order valence-electron chi connectivity index (χ1n) is 10.3. The van der Waals surface area contributed by atoms with Crippen LogP contribution in [0.4, 0.5) is 0 Å². The van der Waals surface area contributed by atoms with Gasteiger partial charge in [0.1, 0.15) is 5.82 Å². The summed E-state index contributed by atoms with van der Waals surface area (Å²) in [7, 11) is 0. The van der Waals surface area contributed by atoms with Crippen LogP contribution in [0.2, 0.25) is 10.0 Å². The summed E-state index contributed by atoms with van der Waals surface area (Å²) < 4.78 is 0. The number of rotatable bonds is 5. The average Bonchev–Trinajstić information content (AvgIpc) is 3.39. The van der Waals surface area contributed by atoms with E-state index in [0.717, 1.165) is 48.9 Å². The van der Waals surface area contributed by atoms with Crippen molar-refractivity contribution in [1.29, 1.82) is 0 Å². The second-order valence-electron chi connectivity index (χ2n) is 8.06. The summed E-state index contributed by atoms with van der Waals surface area (Å²) in [6, 6.07) is 16.3. The zero-order valence-corrected chi connectivity index (χ0v) is 18.0. The van der Waals surface area contributed by atoms with Crippen LogP contribution in [0, 0.1) is 5.92 Å². The number of likely N-dealkylation sites (tertiary alicyclic amines) is 1. The van der Waals surface area contributed by atoms with Crippen LogP contribution in [0.3, 0.4) is 0 Å². The van der Waals surface area contributed by atoms with Crippen molar-refractivity contribution in [2.75, 3.05) is 13.1 Å². The van der Waals surface area contributed by atoms with Gasteiger partial charge in [-0.3, -0.25) is 4.90 Å². The molecule has 1 aliphatic rings. The van der Waals surface area contributed by atoms with Crippen LogP contribution < -0.4 is 0 Å². The van der Waals surface area contributed by atoms with E-state index < -0.39 is 0 Å². The quantitative estimate of drug-likeness (QED) is 0.418. The molecule has 30 heavy (non-hydrogen) atoms. The summed E-state index contributed by atoms with van der Waals surface area (Å²) >= 11 is 12.2. The number of hydrogen-bond donors (Lipinski definition) is 2. The number of para-hydroxylation sites is 1. The number of piperidine rings is 1. The predicted octanol–water partition coefficient (Wildman–Crippen LogP) is 5.71. The van der Waals surface area contributed by atoms with Gasteiger partial charge in [-0.25, -0.2) is 0 Å². The SMILES string of the molecule is Clc1ccc(CC2CCN(Cc3nnc(-c4cc5ccccc5[nH]4)[nH]3)CC2)cc1Cl. The number of nitrogens with one attached hydrogen (secondary N) is 2. The van der Waals surface area contributed by atoms with Crippen molar-refractivity contribution in [2.24, 2.45) is 5.92 Å². The first kappa shape index (κ1) is 19.6. The van der Waals surface area contributed by atoms with Gasteiger partial charge in [-0.15, -0.1) is 10.2 Å². The van der Waals surface area contributed by atoms with Crippen LogP contribution in [-0.4, -0.2) is 38.2 Å². The van der Waals surface area contributed by atoms with Gasteiger partial charge in [0.25, 0.3) is 0 Å². The molecule has 0 radical (unpaired) electrons. The lowest BCUT2D eigenvalue weighted by atomic mass is 9.90. The Morgan fingerprint density at radius 3 is 2.57 bits per heavy atom. The van der Waals surface area contributed by atoms with Gasteiger partial charge in [0.15, 0.2) is 5.82 Å². The van der Waals surface area contributed by atoms with Crippen LogP contribution in [-0.2, 0) is 13.0 Å². The molecule has 7 heteroatoms. The Labute approximate surface area is 185 Å². The van der Waals surface area contributed by atoms with E-state index in [0.29, 0.717) is 16.0 Å². The third-order valence-electron chi connectivity index (χ3n) is 5.91. The smallest absolute Gasteiger partial charge is 0.177 e. The molecule has 2 N–H and O–H groups in total. The summed E-state index contributed by atoms with van der Waals surface area (Å²) in [6.45, 7) is 2.93. The van der Waals surface area contributed by atoms with Crippen LogP contribution in [0.15, 0.2) is 48.5 Å². The largest absolute Gasteiger partial charge is 0.352 e. The number of benzene rings is 2. The number of H-pyrrole nitrogens is 2. The lowest BCUT2D eigenvalue weighted by Crippen LogP contribution is -2.34. The van der Waals surface area contributed by atoms with Gasteiger partial charge in [-0.2, -0.15) is 0 Å². The molecule has 0 amide bonds. The molecule has 154 valence electrons. The van der Waals surface area contributed by atoms with Crippen molar-refractivity contribution in [3.05, 3.63) is 70.0 Å². The topological polar surface area (TPSA) is 60.6 Å². The molecule has 0 saturated carbocycles. The van der Waals surface area contributed by atoms with E-state index in [1.165, 1.54) is 23.8 Å². The molecule has 0 spiro atoms. The van der Waals surface area contributed by atoms with E-state index in [1.807, 2.05) is 24.3 Å². The van der Waals surface area contributed by atoms with E-state index in [2.05, 4.69) is 49.3 Å². The zero-order chi connectivity index (χ0) is 20.5. The van der Waals surface area contributed by atoms with Crippen LogP contribution >= 0.6 is 23.2 Å². The van der Waals surface area contributed by atoms with E-state index in [4.69, 9.17) is 23.2 Å². The minimum Gasteiger partial charge on any atom is -0.352 e. The fraction of sp³-hybridized carbons (Fsp3) is 0.304. The highest BCUT2D eigenvalue weighted by Gasteiger charge is 2.21. The van der Waals surface area contributed by atoms with Crippen LogP contribution in [0.1, 0.15) is 24.2 Å². The highest BCUT2D eigenvalue weighted by Crippen LogP contribution is 2.27. The van der Waals surface area contributed by atoms with Crippen molar-refractivity contribution >= 4 is 34.1 Å². The maximum Gasteiger partial charge on any atom is 0.177 e. The molecule has 0 bridgehead atoms. The predicted molar refractivity (Wildman–Crippen MR) is 122 cm³/mol. The number of hydrogen-bond acceptors (Lipinski definition) is 3. The van der Waals surface area contributed by atoms with Gasteiger partial charge in [-0.05, 0) is 68.1 Å². The van der Waals surface area contributed by atoms with Gasteiger partial charge >= 0.3 is 0 Å². The van der Waals surface area contributed by atoms with Crippen LogP contribution in [0.25, 0.3) is 22.4 Å². The normalized spacial score (nSPS) is 15.8. The Morgan fingerprint density at radius 2 is 1.77 bits per heavy atom. The van der Waals surface area contributed by atoms with E-state index in [1.54, 1.807) is 0 Å². The van der Waals surface area contributed by atoms with Gasteiger partial charge in [0.05, 0.1) is 22.3 Å². The van der Waals surface area contributed by atoms with Crippen molar-refractivity contribution < 1.29 is 0 Å². The summed E-state index contributed by atoms with van der Waals surface area (Å²) in [6.07, 6.45) is 3.39. The van der Waals surface area contributed by atoms with Crippen molar-refractivity contribution in [2.45, 2.75) is 25.8 Å². The second kappa shape index (κ2) is 8.42. The Hall–Kier alpha value is -2.34. The molecule has 0 aliphatic carbocycles. The summed E-state index contributed by atoms with van der Waals surface area (Å²) in [5, 5.41) is 11.2. The first-order chi connectivity index (χ1) is 14.6. The molecule has 2 aromatic heterocycles. The summed E-state index contributed by atoms with van der Waals surface area (Å²) in [5.74, 6) is 2.37. The molecule has 5 rings (SSSR count). The highest BCUT2D eigenvalue weighted by atomic mass is 35.5. The Bertz CT molecular complexity index is 1120. The molecule has 5 nitrogen and oxygen atoms in total. The summed E-state index contributed by atoms with van der Waals surface area (Å²) in [4.78, 5) is 9.22. The number of fused-ring (bicyclic) bond motifs is 1. The number of halogens is 2. The fourth-order valence-electron chi connectivity index (χ4n) is 4.25. The molecular formula is C23H23Cl2N5. The Morgan fingerprint density at radius 1 is 0.933 bits per heavy atom. The maximum absolute atomic E-state index is 6.16. The molecule has 4 aromatic rings.